The van der Waals surface area contributed by atoms with Gasteiger partial charge >= 0.3 is 0 Å². The summed E-state index contributed by atoms with van der Waals surface area (Å²) in [6.45, 7) is 6.83. The van der Waals surface area contributed by atoms with E-state index >= 15 is 0 Å². The van der Waals surface area contributed by atoms with E-state index in [0.717, 1.165) is 21.3 Å². The summed E-state index contributed by atoms with van der Waals surface area (Å²) in [6, 6.07) is 12.1. The highest BCUT2D eigenvalue weighted by Gasteiger charge is 2.15. The van der Waals surface area contributed by atoms with E-state index in [1.165, 1.54) is 11.1 Å². The monoisotopic (exact) mass is 333 g/mol. The number of halogens is 1. The molecule has 0 aromatic heterocycles. The smallest absolute Gasteiger partial charge is 0.124 e. The fourth-order valence-electron chi connectivity index (χ4n) is 2.19. The molecule has 0 aliphatic heterocycles. The van der Waals surface area contributed by atoms with E-state index in [9.17, 15) is 0 Å². The van der Waals surface area contributed by atoms with Crippen LogP contribution in [0.3, 0.4) is 0 Å². The Balaban J connectivity index is 2.43. The van der Waals surface area contributed by atoms with Gasteiger partial charge in [0.2, 0.25) is 0 Å². The molecule has 0 fully saturated rings. The summed E-state index contributed by atoms with van der Waals surface area (Å²) in [5.74, 6) is 0.849. The van der Waals surface area contributed by atoms with Crippen LogP contribution < -0.4 is 10.5 Å². The van der Waals surface area contributed by atoms with Crippen LogP contribution in [0.1, 0.15) is 35.2 Å². The standard InChI is InChI=1S/C17H20BrNO/c1-4-20-16-8-7-14(18)10-15(16)17(19)13-6-5-11(2)12(3)9-13/h5-10,17H,4,19H2,1-3H3. The molecule has 0 saturated heterocycles. The van der Waals surface area contributed by atoms with Crippen molar-refractivity contribution in [1.29, 1.82) is 0 Å². The maximum atomic E-state index is 6.43. The second-order valence-corrected chi connectivity index (χ2v) is 5.85. The largest absolute Gasteiger partial charge is 0.494 e. The van der Waals surface area contributed by atoms with Crippen molar-refractivity contribution in [3.8, 4) is 5.75 Å². The van der Waals surface area contributed by atoms with Crippen molar-refractivity contribution >= 4 is 15.9 Å². The molecule has 0 amide bonds. The van der Waals surface area contributed by atoms with Gasteiger partial charge in [0.25, 0.3) is 0 Å². The maximum Gasteiger partial charge on any atom is 0.124 e. The van der Waals surface area contributed by atoms with Crippen LogP contribution in [0.25, 0.3) is 0 Å². The summed E-state index contributed by atoms with van der Waals surface area (Å²) in [6.07, 6.45) is 0. The molecule has 1 unspecified atom stereocenters. The Morgan fingerprint density at radius 1 is 1.10 bits per heavy atom. The summed E-state index contributed by atoms with van der Waals surface area (Å²) in [7, 11) is 0. The van der Waals surface area contributed by atoms with E-state index in [2.05, 4.69) is 48.0 Å². The van der Waals surface area contributed by atoms with Crippen LogP contribution in [0.5, 0.6) is 5.75 Å². The molecule has 0 spiro atoms. The quantitative estimate of drug-likeness (QED) is 0.893. The molecule has 106 valence electrons. The van der Waals surface area contributed by atoms with Crippen molar-refractivity contribution in [2.75, 3.05) is 6.61 Å². The van der Waals surface area contributed by atoms with Crippen LogP contribution in [0.4, 0.5) is 0 Å². The van der Waals surface area contributed by atoms with Gasteiger partial charge in [-0.15, -0.1) is 0 Å². The topological polar surface area (TPSA) is 35.2 Å². The van der Waals surface area contributed by atoms with Gasteiger partial charge in [-0.25, -0.2) is 0 Å². The Morgan fingerprint density at radius 3 is 2.50 bits per heavy atom. The molecule has 2 rings (SSSR count). The molecule has 0 bridgehead atoms. The van der Waals surface area contributed by atoms with Gasteiger partial charge in [-0.3, -0.25) is 0 Å². The summed E-state index contributed by atoms with van der Waals surface area (Å²) in [5.41, 5.74) is 11.1. The van der Waals surface area contributed by atoms with Crippen LogP contribution in [-0.2, 0) is 0 Å². The highest BCUT2D eigenvalue weighted by atomic mass is 79.9. The van der Waals surface area contributed by atoms with Gasteiger partial charge in [0.05, 0.1) is 12.6 Å². The minimum atomic E-state index is -0.187. The first kappa shape index (κ1) is 15.1. The zero-order chi connectivity index (χ0) is 14.7. The number of ether oxygens (including phenoxy) is 1. The number of hydrogen-bond acceptors (Lipinski definition) is 2. The highest BCUT2D eigenvalue weighted by Crippen LogP contribution is 2.31. The number of hydrogen-bond donors (Lipinski definition) is 1. The molecule has 2 N–H and O–H groups in total. The lowest BCUT2D eigenvalue weighted by Gasteiger charge is -2.18. The van der Waals surface area contributed by atoms with Gasteiger partial charge in [0.1, 0.15) is 5.75 Å². The second kappa shape index (κ2) is 6.42. The lowest BCUT2D eigenvalue weighted by atomic mass is 9.96. The van der Waals surface area contributed by atoms with Crippen molar-refractivity contribution in [3.05, 3.63) is 63.1 Å². The maximum absolute atomic E-state index is 6.43. The zero-order valence-electron chi connectivity index (χ0n) is 12.1. The van der Waals surface area contributed by atoms with Gasteiger partial charge in [0, 0.05) is 10.0 Å². The minimum absolute atomic E-state index is 0.187. The van der Waals surface area contributed by atoms with E-state index in [0.29, 0.717) is 6.61 Å². The van der Waals surface area contributed by atoms with Crippen molar-refractivity contribution in [1.82, 2.24) is 0 Å². The lowest BCUT2D eigenvalue weighted by Crippen LogP contribution is -2.14. The van der Waals surface area contributed by atoms with E-state index in [4.69, 9.17) is 10.5 Å². The minimum Gasteiger partial charge on any atom is -0.494 e. The molecule has 0 aliphatic carbocycles. The first-order valence-electron chi connectivity index (χ1n) is 6.78. The van der Waals surface area contributed by atoms with Crippen LogP contribution >= 0.6 is 15.9 Å². The third kappa shape index (κ3) is 3.22. The summed E-state index contributed by atoms with van der Waals surface area (Å²) in [5, 5.41) is 0. The number of aryl methyl sites for hydroxylation is 2. The van der Waals surface area contributed by atoms with Crippen molar-refractivity contribution in [2.45, 2.75) is 26.8 Å². The van der Waals surface area contributed by atoms with Crippen LogP contribution in [0, 0.1) is 13.8 Å². The summed E-state index contributed by atoms with van der Waals surface area (Å²) < 4.78 is 6.70. The number of nitrogens with two attached hydrogens (primary N) is 1. The fourth-order valence-corrected chi connectivity index (χ4v) is 2.57. The van der Waals surface area contributed by atoms with Gasteiger partial charge in [-0.1, -0.05) is 34.1 Å². The fraction of sp³-hybridized carbons (Fsp3) is 0.294. The molecule has 0 aliphatic rings. The highest BCUT2D eigenvalue weighted by molar-refractivity contribution is 9.10. The van der Waals surface area contributed by atoms with Crippen molar-refractivity contribution in [2.24, 2.45) is 5.73 Å². The van der Waals surface area contributed by atoms with E-state index in [-0.39, 0.29) is 6.04 Å². The Kier molecular flexibility index (Phi) is 4.84. The summed E-state index contributed by atoms with van der Waals surface area (Å²) in [4.78, 5) is 0. The first-order valence-corrected chi connectivity index (χ1v) is 7.57. The predicted octanol–water partition coefficient (Wildman–Crippen LogP) is 4.51. The van der Waals surface area contributed by atoms with Gasteiger partial charge in [-0.05, 0) is 55.7 Å². The molecule has 0 heterocycles. The van der Waals surface area contributed by atoms with E-state index in [1.807, 2.05) is 25.1 Å². The van der Waals surface area contributed by atoms with Crippen LogP contribution in [-0.4, -0.2) is 6.61 Å². The molecule has 0 saturated carbocycles. The first-order chi connectivity index (χ1) is 9.52. The zero-order valence-corrected chi connectivity index (χ0v) is 13.7. The molecule has 20 heavy (non-hydrogen) atoms. The Bertz CT molecular complexity index is 610. The number of rotatable bonds is 4. The Labute approximate surface area is 129 Å². The lowest BCUT2D eigenvalue weighted by molar-refractivity contribution is 0.335. The predicted molar refractivity (Wildman–Crippen MR) is 87.3 cm³/mol. The second-order valence-electron chi connectivity index (χ2n) is 4.94. The molecule has 2 nitrogen and oxygen atoms in total. The van der Waals surface area contributed by atoms with Crippen LogP contribution in [0.2, 0.25) is 0 Å². The molecule has 0 radical (unpaired) electrons. The Morgan fingerprint density at radius 2 is 1.85 bits per heavy atom. The van der Waals surface area contributed by atoms with Gasteiger partial charge < -0.3 is 10.5 Å². The molecular formula is C17H20BrNO. The molecule has 2 aromatic rings. The van der Waals surface area contributed by atoms with E-state index in [1.54, 1.807) is 0 Å². The van der Waals surface area contributed by atoms with Crippen molar-refractivity contribution < 1.29 is 4.74 Å². The molecular weight excluding hydrogens is 314 g/mol. The normalized spacial score (nSPS) is 12.2. The molecule has 2 aromatic carbocycles. The van der Waals surface area contributed by atoms with Crippen LogP contribution in [0.15, 0.2) is 40.9 Å². The average molecular weight is 334 g/mol. The number of benzene rings is 2. The third-order valence-electron chi connectivity index (χ3n) is 3.50. The third-order valence-corrected chi connectivity index (χ3v) is 3.99. The van der Waals surface area contributed by atoms with E-state index < -0.39 is 0 Å². The average Bonchev–Trinajstić information content (AvgIpc) is 2.43. The van der Waals surface area contributed by atoms with Crippen molar-refractivity contribution in [3.63, 3.8) is 0 Å². The summed E-state index contributed by atoms with van der Waals surface area (Å²) >= 11 is 3.50. The SMILES string of the molecule is CCOc1ccc(Br)cc1C(N)c1ccc(C)c(C)c1. The Hall–Kier alpha value is -1.32. The molecule has 1 atom stereocenters. The van der Waals surface area contributed by atoms with Gasteiger partial charge in [0.15, 0.2) is 0 Å². The van der Waals surface area contributed by atoms with Gasteiger partial charge in [-0.2, -0.15) is 0 Å². The molecule has 3 heteroatoms.